The largest absolute Gasteiger partial charge is 0.416 e. The number of aliphatic hydroxyl groups is 1. The lowest BCUT2D eigenvalue weighted by molar-refractivity contribution is -0.137. The molecule has 0 radical (unpaired) electrons. The van der Waals surface area contributed by atoms with Crippen LogP contribution in [0, 0.1) is 0 Å². The zero-order valence-corrected chi connectivity index (χ0v) is 9.59. The van der Waals surface area contributed by atoms with Crippen LogP contribution in [0.25, 0.3) is 0 Å². The van der Waals surface area contributed by atoms with Gasteiger partial charge in [-0.1, -0.05) is 18.2 Å². The number of halogens is 3. The van der Waals surface area contributed by atoms with Crippen molar-refractivity contribution in [2.45, 2.75) is 32.2 Å². The van der Waals surface area contributed by atoms with Crippen molar-refractivity contribution in [2.75, 3.05) is 6.54 Å². The highest BCUT2D eigenvalue weighted by atomic mass is 19.4. The zero-order chi connectivity index (χ0) is 12.9. The smallest absolute Gasteiger partial charge is 0.393 e. The standard InChI is InChI=1S/C12H16F3NO/c1-9(17)5-6-16-8-10-3-2-4-11(7-10)12(13,14)15/h2-4,7,9,16-17H,5-6,8H2,1H3. The van der Waals surface area contributed by atoms with Crippen molar-refractivity contribution in [3.63, 3.8) is 0 Å². The van der Waals surface area contributed by atoms with Crippen LogP contribution < -0.4 is 5.32 Å². The van der Waals surface area contributed by atoms with Crippen LogP contribution in [0.3, 0.4) is 0 Å². The minimum atomic E-state index is -4.30. The summed E-state index contributed by atoms with van der Waals surface area (Å²) in [6.07, 6.45) is -4.11. The van der Waals surface area contributed by atoms with Crippen molar-refractivity contribution in [2.24, 2.45) is 0 Å². The molecule has 0 aliphatic carbocycles. The second kappa shape index (κ2) is 6.02. The Bertz CT molecular complexity index is 350. The van der Waals surface area contributed by atoms with Crippen LogP contribution >= 0.6 is 0 Å². The number of nitrogens with one attached hydrogen (secondary N) is 1. The molecule has 1 aromatic rings. The van der Waals surface area contributed by atoms with Gasteiger partial charge < -0.3 is 10.4 Å². The number of benzene rings is 1. The first-order chi connectivity index (χ1) is 7.89. The number of hydrogen-bond acceptors (Lipinski definition) is 2. The molecule has 1 aromatic carbocycles. The first kappa shape index (κ1) is 14.0. The Morgan fingerprint density at radius 3 is 2.65 bits per heavy atom. The maximum absolute atomic E-state index is 12.4. The van der Waals surface area contributed by atoms with Crippen molar-refractivity contribution in [3.8, 4) is 0 Å². The summed E-state index contributed by atoms with van der Waals surface area (Å²) < 4.78 is 37.2. The topological polar surface area (TPSA) is 32.3 Å². The fourth-order valence-corrected chi connectivity index (χ4v) is 1.40. The molecular formula is C12H16F3NO. The molecule has 5 heteroatoms. The summed E-state index contributed by atoms with van der Waals surface area (Å²) in [5.41, 5.74) is -0.0438. The van der Waals surface area contributed by atoms with Gasteiger partial charge in [0.05, 0.1) is 11.7 Å². The molecule has 0 saturated heterocycles. The van der Waals surface area contributed by atoms with E-state index in [0.717, 1.165) is 12.1 Å². The summed E-state index contributed by atoms with van der Waals surface area (Å²) in [7, 11) is 0. The van der Waals surface area contributed by atoms with Gasteiger partial charge in [0.2, 0.25) is 0 Å². The van der Waals surface area contributed by atoms with E-state index in [1.807, 2.05) is 0 Å². The molecule has 1 rings (SSSR count). The molecule has 2 nitrogen and oxygen atoms in total. The molecule has 0 bridgehead atoms. The van der Waals surface area contributed by atoms with E-state index >= 15 is 0 Å². The quantitative estimate of drug-likeness (QED) is 0.784. The summed E-state index contributed by atoms with van der Waals surface area (Å²) in [4.78, 5) is 0. The Labute approximate surface area is 98.5 Å². The normalized spacial score (nSPS) is 13.7. The number of alkyl halides is 3. The van der Waals surface area contributed by atoms with Gasteiger partial charge in [-0.2, -0.15) is 13.2 Å². The Kier molecular flexibility index (Phi) is 4.96. The van der Waals surface area contributed by atoms with Crippen LogP contribution in [-0.2, 0) is 12.7 Å². The number of aliphatic hydroxyl groups excluding tert-OH is 1. The molecule has 1 unspecified atom stereocenters. The molecule has 0 saturated carbocycles. The van der Waals surface area contributed by atoms with Gasteiger partial charge in [-0.3, -0.25) is 0 Å². The Hall–Kier alpha value is -1.07. The molecular weight excluding hydrogens is 231 g/mol. The molecule has 96 valence electrons. The lowest BCUT2D eigenvalue weighted by Gasteiger charge is -2.10. The van der Waals surface area contributed by atoms with E-state index in [1.54, 1.807) is 13.0 Å². The van der Waals surface area contributed by atoms with Crippen LogP contribution in [0.5, 0.6) is 0 Å². The third-order valence-electron chi connectivity index (χ3n) is 2.32. The van der Waals surface area contributed by atoms with Crippen molar-refractivity contribution in [1.82, 2.24) is 5.32 Å². The monoisotopic (exact) mass is 247 g/mol. The third-order valence-corrected chi connectivity index (χ3v) is 2.32. The highest BCUT2D eigenvalue weighted by Gasteiger charge is 2.30. The van der Waals surface area contributed by atoms with E-state index in [2.05, 4.69) is 5.32 Å². The SMILES string of the molecule is CC(O)CCNCc1cccc(C(F)(F)F)c1. The molecule has 0 spiro atoms. The van der Waals surface area contributed by atoms with Gasteiger partial charge in [0.15, 0.2) is 0 Å². The zero-order valence-electron chi connectivity index (χ0n) is 9.59. The van der Waals surface area contributed by atoms with Gasteiger partial charge in [0, 0.05) is 6.54 Å². The van der Waals surface area contributed by atoms with Crippen molar-refractivity contribution < 1.29 is 18.3 Å². The summed E-state index contributed by atoms with van der Waals surface area (Å²) >= 11 is 0. The summed E-state index contributed by atoms with van der Waals surface area (Å²) in [6, 6.07) is 5.23. The van der Waals surface area contributed by atoms with E-state index in [9.17, 15) is 13.2 Å². The third kappa shape index (κ3) is 5.19. The molecule has 0 aromatic heterocycles. The van der Waals surface area contributed by atoms with Gasteiger partial charge in [-0.25, -0.2) is 0 Å². The van der Waals surface area contributed by atoms with Crippen LogP contribution in [0.15, 0.2) is 24.3 Å². The van der Waals surface area contributed by atoms with E-state index in [-0.39, 0.29) is 0 Å². The second-order valence-electron chi connectivity index (χ2n) is 4.01. The van der Waals surface area contributed by atoms with Gasteiger partial charge in [0.25, 0.3) is 0 Å². The minimum absolute atomic E-state index is 0.372. The van der Waals surface area contributed by atoms with Crippen molar-refractivity contribution in [1.29, 1.82) is 0 Å². The van der Waals surface area contributed by atoms with Crippen molar-refractivity contribution >= 4 is 0 Å². The van der Waals surface area contributed by atoms with Gasteiger partial charge in [-0.05, 0) is 31.5 Å². The summed E-state index contributed by atoms with van der Waals surface area (Å²) in [6.45, 7) is 2.62. The molecule has 0 amide bonds. The predicted octanol–water partition coefficient (Wildman–Crippen LogP) is 2.57. The van der Waals surface area contributed by atoms with Crippen LogP contribution in [0.2, 0.25) is 0 Å². The van der Waals surface area contributed by atoms with Gasteiger partial charge in [-0.15, -0.1) is 0 Å². The first-order valence-corrected chi connectivity index (χ1v) is 5.44. The molecule has 2 N–H and O–H groups in total. The minimum Gasteiger partial charge on any atom is -0.393 e. The van der Waals surface area contributed by atoms with Gasteiger partial charge in [0.1, 0.15) is 0 Å². The lowest BCUT2D eigenvalue weighted by atomic mass is 10.1. The maximum Gasteiger partial charge on any atom is 0.416 e. The molecule has 17 heavy (non-hydrogen) atoms. The fraction of sp³-hybridized carbons (Fsp3) is 0.500. The van der Waals surface area contributed by atoms with Crippen LogP contribution in [0.1, 0.15) is 24.5 Å². The van der Waals surface area contributed by atoms with Crippen LogP contribution in [-0.4, -0.2) is 17.8 Å². The summed E-state index contributed by atoms with van der Waals surface area (Å²) in [5, 5.41) is 12.0. The summed E-state index contributed by atoms with van der Waals surface area (Å²) in [5.74, 6) is 0. The molecule has 0 aliphatic rings. The molecule has 0 aliphatic heterocycles. The molecule has 0 fully saturated rings. The highest BCUT2D eigenvalue weighted by molar-refractivity contribution is 5.25. The average molecular weight is 247 g/mol. The van der Waals surface area contributed by atoms with Crippen molar-refractivity contribution in [3.05, 3.63) is 35.4 Å². The predicted molar refractivity (Wildman–Crippen MR) is 59.4 cm³/mol. The maximum atomic E-state index is 12.4. The Morgan fingerprint density at radius 2 is 2.06 bits per heavy atom. The Morgan fingerprint density at radius 1 is 1.35 bits per heavy atom. The molecule has 0 heterocycles. The lowest BCUT2D eigenvalue weighted by Crippen LogP contribution is -2.19. The second-order valence-corrected chi connectivity index (χ2v) is 4.01. The Balaban J connectivity index is 2.49. The first-order valence-electron chi connectivity index (χ1n) is 5.44. The molecule has 1 atom stereocenters. The van der Waals surface area contributed by atoms with E-state index in [1.165, 1.54) is 6.07 Å². The van der Waals surface area contributed by atoms with E-state index < -0.39 is 17.8 Å². The highest BCUT2D eigenvalue weighted by Crippen LogP contribution is 2.29. The van der Waals surface area contributed by atoms with E-state index in [4.69, 9.17) is 5.11 Å². The van der Waals surface area contributed by atoms with Crippen LogP contribution in [0.4, 0.5) is 13.2 Å². The van der Waals surface area contributed by atoms with E-state index in [0.29, 0.717) is 25.1 Å². The number of hydrogen-bond donors (Lipinski definition) is 2. The number of rotatable bonds is 5. The average Bonchev–Trinajstić information content (AvgIpc) is 2.23. The fourth-order valence-electron chi connectivity index (χ4n) is 1.40. The van der Waals surface area contributed by atoms with Gasteiger partial charge >= 0.3 is 6.18 Å².